The van der Waals surface area contributed by atoms with Crippen molar-refractivity contribution in [3.05, 3.63) is 106 Å². The van der Waals surface area contributed by atoms with E-state index in [9.17, 15) is 14.7 Å². The van der Waals surface area contributed by atoms with E-state index in [0.717, 1.165) is 28.8 Å². The van der Waals surface area contributed by atoms with E-state index in [1.165, 1.54) is 0 Å². The molecular weight excluding hydrogens is 500 g/mol. The summed E-state index contributed by atoms with van der Waals surface area (Å²) in [7, 11) is 3.96. The largest absolute Gasteiger partial charge is 0.507 e. The molecule has 40 heavy (non-hydrogen) atoms. The number of aliphatic hydroxyl groups excluding tert-OH is 1. The summed E-state index contributed by atoms with van der Waals surface area (Å²) >= 11 is 0. The molecule has 210 valence electrons. The third kappa shape index (κ3) is 6.45. The van der Waals surface area contributed by atoms with Crippen molar-refractivity contribution in [2.24, 2.45) is 0 Å². The molecule has 0 spiro atoms. The molecule has 1 aliphatic heterocycles. The number of hydrogen-bond donors (Lipinski definition) is 1. The van der Waals surface area contributed by atoms with E-state index in [4.69, 9.17) is 4.74 Å². The molecule has 4 rings (SSSR count). The van der Waals surface area contributed by atoms with Gasteiger partial charge >= 0.3 is 0 Å². The van der Waals surface area contributed by atoms with Crippen molar-refractivity contribution in [3.8, 4) is 5.75 Å². The predicted octanol–water partition coefficient (Wildman–Crippen LogP) is 6.24. The average Bonchev–Trinajstić information content (AvgIpc) is 3.17. The molecule has 1 saturated heterocycles. The first-order valence-corrected chi connectivity index (χ1v) is 13.8. The van der Waals surface area contributed by atoms with Crippen LogP contribution in [0.25, 0.3) is 5.76 Å². The van der Waals surface area contributed by atoms with Crippen molar-refractivity contribution in [1.82, 2.24) is 9.80 Å². The number of Topliss-reactive ketones (excluding diaryl/α,β-unsaturated/α-hetero) is 1. The Labute approximate surface area is 237 Å². The van der Waals surface area contributed by atoms with Gasteiger partial charge in [0.15, 0.2) is 0 Å². The van der Waals surface area contributed by atoms with Crippen LogP contribution < -0.4 is 4.74 Å². The molecule has 1 heterocycles. The van der Waals surface area contributed by atoms with Crippen LogP contribution in [0.15, 0.2) is 78.4 Å². The highest BCUT2D eigenvalue weighted by Gasteiger charge is 2.45. The van der Waals surface area contributed by atoms with Crippen LogP contribution in [0.1, 0.15) is 61.1 Å². The number of carbonyl (C=O) groups is 2. The lowest BCUT2D eigenvalue weighted by molar-refractivity contribution is -0.139. The summed E-state index contributed by atoms with van der Waals surface area (Å²) in [6.07, 6.45) is 0.712. The summed E-state index contributed by atoms with van der Waals surface area (Å²) in [6.45, 7) is 9.95. The van der Waals surface area contributed by atoms with Gasteiger partial charge in [0, 0.05) is 12.1 Å². The SMILES string of the molecule is Cc1cc(/C(O)=C2\C(=O)C(=O)N(CCCN(C)C)[C@H]2c2ccc(C(C)(C)C)cc2)ccc1OCc1ccccc1. The molecule has 1 amide bonds. The maximum absolute atomic E-state index is 13.4. The Morgan fingerprint density at radius 3 is 2.25 bits per heavy atom. The number of hydrogen-bond acceptors (Lipinski definition) is 5. The number of rotatable bonds is 9. The minimum absolute atomic E-state index is 0.0338. The number of ketones is 1. The van der Waals surface area contributed by atoms with Gasteiger partial charge in [-0.15, -0.1) is 0 Å². The van der Waals surface area contributed by atoms with E-state index in [1.807, 2.05) is 80.5 Å². The molecule has 0 aromatic heterocycles. The quantitative estimate of drug-likeness (QED) is 0.198. The van der Waals surface area contributed by atoms with Gasteiger partial charge in [-0.05, 0) is 79.9 Å². The number of likely N-dealkylation sites (tertiary alicyclic amines) is 1. The zero-order valence-electron chi connectivity index (χ0n) is 24.4. The number of ether oxygens (including phenoxy) is 1. The minimum Gasteiger partial charge on any atom is -0.507 e. The second kappa shape index (κ2) is 12.1. The fraction of sp³-hybridized carbons (Fsp3) is 0.353. The van der Waals surface area contributed by atoms with Crippen LogP contribution in [0.5, 0.6) is 5.75 Å². The summed E-state index contributed by atoms with van der Waals surface area (Å²) in [5.74, 6) is -0.714. The summed E-state index contributed by atoms with van der Waals surface area (Å²) < 4.78 is 6.00. The van der Waals surface area contributed by atoms with Crippen LogP contribution >= 0.6 is 0 Å². The lowest BCUT2D eigenvalue weighted by Crippen LogP contribution is -2.32. The molecule has 6 nitrogen and oxygen atoms in total. The van der Waals surface area contributed by atoms with E-state index < -0.39 is 17.7 Å². The molecule has 3 aromatic rings. The summed E-state index contributed by atoms with van der Waals surface area (Å²) in [6, 6.07) is 22.6. The third-order valence-corrected chi connectivity index (χ3v) is 7.32. The Morgan fingerprint density at radius 2 is 1.65 bits per heavy atom. The second-order valence-corrected chi connectivity index (χ2v) is 11.8. The molecule has 0 unspecified atom stereocenters. The molecule has 1 atom stereocenters. The highest BCUT2D eigenvalue weighted by atomic mass is 16.5. The van der Waals surface area contributed by atoms with Gasteiger partial charge in [-0.25, -0.2) is 0 Å². The van der Waals surface area contributed by atoms with Gasteiger partial charge in [-0.1, -0.05) is 75.4 Å². The van der Waals surface area contributed by atoms with E-state index >= 15 is 0 Å². The van der Waals surface area contributed by atoms with Crippen molar-refractivity contribution in [2.45, 2.75) is 52.2 Å². The Bertz CT molecular complexity index is 1390. The van der Waals surface area contributed by atoms with E-state index in [0.29, 0.717) is 30.9 Å². The number of benzene rings is 3. The molecule has 0 aliphatic carbocycles. The fourth-order valence-corrected chi connectivity index (χ4v) is 5.03. The zero-order chi connectivity index (χ0) is 29.0. The highest BCUT2D eigenvalue weighted by Crippen LogP contribution is 2.40. The number of nitrogens with zero attached hydrogens (tertiary/aromatic N) is 2. The Hall–Kier alpha value is -3.90. The van der Waals surface area contributed by atoms with Crippen molar-refractivity contribution in [3.63, 3.8) is 0 Å². The van der Waals surface area contributed by atoms with Gasteiger partial charge in [0.2, 0.25) is 0 Å². The molecule has 1 N–H and O–H groups in total. The van der Waals surface area contributed by atoms with Crippen molar-refractivity contribution in [2.75, 3.05) is 27.2 Å². The number of aliphatic hydroxyl groups is 1. The number of aryl methyl sites for hydroxylation is 1. The van der Waals surface area contributed by atoms with Gasteiger partial charge < -0.3 is 19.6 Å². The topological polar surface area (TPSA) is 70.1 Å². The summed E-state index contributed by atoms with van der Waals surface area (Å²) in [5, 5.41) is 11.5. The van der Waals surface area contributed by atoms with Crippen LogP contribution in [0, 0.1) is 6.92 Å². The normalized spacial score (nSPS) is 17.1. The van der Waals surface area contributed by atoms with Crippen molar-refractivity contribution >= 4 is 17.4 Å². The minimum atomic E-state index is -0.662. The highest BCUT2D eigenvalue weighted by molar-refractivity contribution is 6.46. The molecular formula is C34H40N2O4. The van der Waals surface area contributed by atoms with E-state index in [-0.39, 0.29) is 16.7 Å². The molecule has 0 saturated carbocycles. The molecule has 6 heteroatoms. The molecule has 1 fully saturated rings. The van der Waals surface area contributed by atoms with Crippen LogP contribution in [0.3, 0.4) is 0 Å². The standard InChI is InChI=1S/C34H40N2O4/c1-23-21-26(15-18-28(23)40-22-24-11-8-7-9-12-24)31(37)29-30(25-13-16-27(17-14-25)34(2,3)4)36(33(39)32(29)38)20-10-19-35(5)6/h7-9,11-18,21,30,37H,10,19-20,22H2,1-6H3/b31-29+/t30-/m0/s1. The second-order valence-electron chi connectivity index (χ2n) is 11.8. The Balaban J connectivity index is 1.70. The molecule has 0 bridgehead atoms. The van der Waals surface area contributed by atoms with E-state index in [2.05, 4.69) is 20.8 Å². The van der Waals surface area contributed by atoms with E-state index in [1.54, 1.807) is 23.1 Å². The van der Waals surface area contributed by atoms with Crippen LogP contribution in [0.4, 0.5) is 0 Å². The lowest BCUT2D eigenvalue weighted by Gasteiger charge is -2.27. The van der Waals surface area contributed by atoms with Gasteiger partial charge in [0.05, 0.1) is 11.6 Å². The Morgan fingerprint density at radius 1 is 0.975 bits per heavy atom. The Kier molecular flexibility index (Phi) is 8.79. The monoisotopic (exact) mass is 540 g/mol. The first kappa shape index (κ1) is 29.1. The number of carbonyl (C=O) groups excluding carboxylic acids is 2. The fourth-order valence-electron chi connectivity index (χ4n) is 5.03. The zero-order valence-corrected chi connectivity index (χ0v) is 24.4. The lowest BCUT2D eigenvalue weighted by atomic mass is 9.85. The molecule has 1 aliphatic rings. The molecule has 3 aromatic carbocycles. The van der Waals surface area contributed by atoms with Gasteiger partial charge in [-0.3, -0.25) is 9.59 Å². The average molecular weight is 541 g/mol. The first-order valence-electron chi connectivity index (χ1n) is 13.8. The molecule has 0 radical (unpaired) electrons. The van der Waals surface area contributed by atoms with Crippen molar-refractivity contribution < 1.29 is 19.4 Å². The van der Waals surface area contributed by atoms with Crippen LogP contribution in [-0.2, 0) is 21.6 Å². The summed E-state index contributed by atoms with van der Waals surface area (Å²) in [4.78, 5) is 30.3. The maximum Gasteiger partial charge on any atom is 0.295 e. The van der Waals surface area contributed by atoms with Gasteiger partial charge in [0.25, 0.3) is 11.7 Å². The predicted molar refractivity (Wildman–Crippen MR) is 159 cm³/mol. The van der Waals surface area contributed by atoms with Crippen LogP contribution in [0.2, 0.25) is 0 Å². The summed E-state index contributed by atoms with van der Waals surface area (Å²) in [5.41, 5.74) is 4.41. The van der Waals surface area contributed by atoms with Crippen LogP contribution in [-0.4, -0.2) is 53.8 Å². The smallest absolute Gasteiger partial charge is 0.295 e. The first-order chi connectivity index (χ1) is 19.0. The van der Waals surface area contributed by atoms with Gasteiger partial charge in [0.1, 0.15) is 18.1 Å². The van der Waals surface area contributed by atoms with Gasteiger partial charge in [-0.2, -0.15) is 0 Å². The number of amides is 1. The van der Waals surface area contributed by atoms with Crippen molar-refractivity contribution in [1.29, 1.82) is 0 Å². The third-order valence-electron chi connectivity index (χ3n) is 7.32. The maximum atomic E-state index is 13.4.